The van der Waals surface area contributed by atoms with Crippen LogP contribution in [0.2, 0.25) is 0 Å². The molecule has 1 aromatic carbocycles. The van der Waals surface area contributed by atoms with E-state index in [1.54, 1.807) is 12.3 Å². The zero-order chi connectivity index (χ0) is 13.4. The average Bonchev–Trinajstić information content (AvgIpc) is 2.85. The van der Waals surface area contributed by atoms with Gasteiger partial charge in [-0.2, -0.15) is 0 Å². The fraction of sp³-hybridized carbons (Fsp3) is 0.267. The number of aromatic nitrogens is 1. The van der Waals surface area contributed by atoms with Crippen LogP contribution in [0.25, 0.3) is 0 Å². The third-order valence-corrected chi connectivity index (χ3v) is 4.41. The van der Waals surface area contributed by atoms with E-state index in [2.05, 4.69) is 27.0 Å². The summed E-state index contributed by atoms with van der Waals surface area (Å²) in [6, 6.07) is 8.93. The van der Waals surface area contributed by atoms with Crippen molar-refractivity contribution in [2.24, 2.45) is 5.73 Å². The zero-order valence-corrected chi connectivity index (χ0v) is 11.9. The van der Waals surface area contributed by atoms with Crippen LogP contribution >= 0.6 is 15.9 Å². The third kappa shape index (κ3) is 2.30. The maximum Gasteiger partial charge on any atom is 0.137 e. The van der Waals surface area contributed by atoms with Gasteiger partial charge in [0.05, 0.1) is 4.47 Å². The lowest BCUT2D eigenvalue weighted by molar-refractivity contribution is 0.535. The highest BCUT2D eigenvalue weighted by molar-refractivity contribution is 9.10. The lowest BCUT2D eigenvalue weighted by atomic mass is 9.91. The standard InChI is InChI=1S/C15H14BrFN2/c16-12-6-4-10(8-13(12)17)14(18)11-5-3-9-2-1-7-19-15(9)11/h1-2,4,6-8,11,14H,3,5,18H2. The molecule has 0 spiro atoms. The average molecular weight is 321 g/mol. The van der Waals surface area contributed by atoms with Crippen molar-refractivity contribution >= 4 is 15.9 Å². The molecule has 2 unspecified atom stereocenters. The van der Waals surface area contributed by atoms with Crippen LogP contribution in [0, 0.1) is 5.82 Å². The molecule has 2 nitrogen and oxygen atoms in total. The first-order valence-corrected chi connectivity index (χ1v) is 7.10. The van der Waals surface area contributed by atoms with Crippen molar-refractivity contribution < 1.29 is 4.39 Å². The van der Waals surface area contributed by atoms with Gasteiger partial charge in [-0.1, -0.05) is 12.1 Å². The van der Waals surface area contributed by atoms with Gasteiger partial charge in [0.2, 0.25) is 0 Å². The lowest BCUT2D eigenvalue weighted by Gasteiger charge is -2.20. The molecule has 1 aliphatic carbocycles. The molecule has 3 rings (SSSR count). The maximum absolute atomic E-state index is 13.6. The van der Waals surface area contributed by atoms with Crippen LogP contribution in [-0.4, -0.2) is 4.98 Å². The number of fused-ring (bicyclic) bond motifs is 1. The Labute approximate surface area is 120 Å². The highest BCUT2D eigenvalue weighted by Crippen LogP contribution is 2.39. The minimum absolute atomic E-state index is 0.178. The van der Waals surface area contributed by atoms with Gasteiger partial charge in [-0.3, -0.25) is 4.98 Å². The Kier molecular flexibility index (Phi) is 3.37. The zero-order valence-electron chi connectivity index (χ0n) is 10.3. The van der Waals surface area contributed by atoms with Gasteiger partial charge in [-0.05, 0) is 58.1 Å². The Balaban J connectivity index is 1.93. The number of nitrogens with two attached hydrogens (primary N) is 1. The number of hydrogen-bond acceptors (Lipinski definition) is 2. The van der Waals surface area contributed by atoms with Crippen LogP contribution in [-0.2, 0) is 6.42 Å². The quantitative estimate of drug-likeness (QED) is 0.916. The predicted molar refractivity (Wildman–Crippen MR) is 76.3 cm³/mol. The summed E-state index contributed by atoms with van der Waals surface area (Å²) in [7, 11) is 0. The minimum atomic E-state index is -0.271. The molecule has 0 amide bonds. The lowest BCUT2D eigenvalue weighted by Crippen LogP contribution is -2.19. The number of halogens is 2. The number of rotatable bonds is 2. The molecule has 2 atom stereocenters. The second-order valence-corrected chi connectivity index (χ2v) is 5.75. The smallest absolute Gasteiger partial charge is 0.137 e. The summed E-state index contributed by atoms with van der Waals surface area (Å²) in [5, 5.41) is 0. The van der Waals surface area contributed by atoms with E-state index in [1.165, 1.54) is 11.6 Å². The summed E-state index contributed by atoms with van der Waals surface area (Å²) in [5.41, 5.74) is 9.47. The maximum atomic E-state index is 13.6. The van der Waals surface area contributed by atoms with Crippen molar-refractivity contribution in [3.8, 4) is 0 Å². The number of pyridine rings is 1. The van der Waals surface area contributed by atoms with Crippen molar-refractivity contribution in [2.75, 3.05) is 0 Å². The van der Waals surface area contributed by atoms with Gasteiger partial charge in [0.1, 0.15) is 5.82 Å². The van der Waals surface area contributed by atoms with Gasteiger partial charge in [0, 0.05) is 23.9 Å². The molecule has 0 aliphatic heterocycles. The molecule has 0 fully saturated rings. The normalized spacial score (nSPS) is 19.2. The van der Waals surface area contributed by atoms with Crippen LogP contribution < -0.4 is 5.73 Å². The van der Waals surface area contributed by atoms with Crippen LogP contribution in [0.15, 0.2) is 41.0 Å². The molecule has 98 valence electrons. The molecule has 0 bridgehead atoms. The van der Waals surface area contributed by atoms with Crippen molar-refractivity contribution in [2.45, 2.75) is 24.8 Å². The summed E-state index contributed by atoms with van der Waals surface area (Å²) in [5.74, 6) is -0.0935. The van der Waals surface area contributed by atoms with E-state index in [4.69, 9.17) is 5.73 Å². The van der Waals surface area contributed by atoms with Crippen molar-refractivity contribution in [3.63, 3.8) is 0 Å². The highest BCUT2D eigenvalue weighted by atomic mass is 79.9. The SMILES string of the molecule is NC(c1ccc(Br)c(F)c1)C1CCc2cccnc21. The summed E-state index contributed by atoms with van der Waals surface area (Å²) >= 11 is 3.16. The van der Waals surface area contributed by atoms with E-state index >= 15 is 0 Å². The molecule has 1 heterocycles. The van der Waals surface area contributed by atoms with Gasteiger partial charge < -0.3 is 5.73 Å². The molecule has 0 radical (unpaired) electrons. The Hall–Kier alpha value is -1.26. The molecule has 2 N–H and O–H groups in total. The molecule has 2 aromatic rings. The minimum Gasteiger partial charge on any atom is -0.323 e. The number of benzene rings is 1. The predicted octanol–water partition coefficient (Wildman–Crippen LogP) is 3.71. The second-order valence-electron chi connectivity index (χ2n) is 4.89. The highest BCUT2D eigenvalue weighted by Gasteiger charge is 2.29. The summed E-state index contributed by atoms with van der Waals surface area (Å²) in [6.07, 6.45) is 3.78. The van der Waals surface area contributed by atoms with E-state index in [0.29, 0.717) is 4.47 Å². The topological polar surface area (TPSA) is 38.9 Å². The molecule has 19 heavy (non-hydrogen) atoms. The van der Waals surface area contributed by atoms with Gasteiger partial charge in [0.15, 0.2) is 0 Å². The number of aryl methyl sites for hydroxylation is 1. The van der Waals surface area contributed by atoms with Crippen molar-refractivity contribution in [3.05, 3.63) is 63.6 Å². The van der Waals surface area contributed by atoms with Crippen LogP contribution in [0.5, 0.6) is 0 Å². The van der Waals surface area contributed by atoms with Crippen LogP contribution in [0.1, 0.15) is 35.2 Å². The van der Waals surface area contributed by atoms with Gasteiger partial charge in [-0.25, -0.2) is 4.39 Å². The van der Waals surface area contributed by atoms with Gasteiger partial charge in [0.25, 0.3) is 0 Å². The molecule has 1 aromatic heterocycles. The number of hydrogen-bond donors (Lipinski definition) is 1. The van der Waals surface area contributed by atoms with Crippen LogP contribution in [0.3, 0.4) is 0 Å². The molecule has 0 saturated carbocycles. The second kappa shape index (κ2) is 5.02. The first-order chi connectivity index (χ1) is 9.16. The Morgan fingerprint density at radius 2 is 2.21 bits per heavy atom. The molecule has 1 aliphatic rings. The molecule has 4 heteroatoms. The molecule has 0 saturated heterocycles. The van der Waals surface area contributed by atoms with Gasteiger partial charge >= 0.3 is 0 Å². The Morgan fingerprint density at radius 1 is 1.37 bits per heavy atom. The summed E-state index contributed by atoms with van der Waals surface area (Å²) in [6.45, 7) is 0. The first kappa shape index (κ1) is 12.8. The van der Waals surface area contributed by atoms with Crippen molar-refractivity contribution in [1.29, 1.82) is 0 Å². The molecular weight excluding hydrogens is 307 g/mol. The fourth-order valence-corrected chi connectivity index (χ4v) is 2.99. The van der Waals surface area contributed by atoms with Crippen molar-refractivity contribution in [1.82, 2.24) is 4.98 Å². The summed E-state index contributed by atoms with van der Waals surface area (Å²) < 4.78 is 14.1. The van der Waals surface area contributed by atoms with E-state index in [9.17, 15) is 4.39 Å². The molecular formula is C15H14BrFN2. The number of nitrogens with zero attached hydrogens (tertiary/aromatic N) is 1. The Bertz CT molecular complexity index is 615. The van der Waals surface area contributed by atoms with E-state index in [-0.39, 0.29) is 17.8 Å². The monoisotopic (exact) mass is 320 g/mol. The van der Waals surface area contributed by atoms with E-state index in [1.807, 2.05) is 12.1 Å². The largest absolute Gasteiger partial charge is 0.323 e. The van der Waals surface area contributed by atoms with E-state index < -0.39 is 0 Å². The third-order valence-electron chi connectivity index (χ3n) is 3.76. The first-order valence-electron chi connectivity index (χ1n) is 6.31. The fourth-order valence-electron chi connectivity index (χ4n) is 2.75. The van der Waals surface area contributed by atoms with E-state index in [0.717, 1.165) is 24.1 Å². The Morgan fingerprint density at radius 3 is 3.00 bits per heavy atom. The van der Waals surface area contributed by atoms with Gasteiger partial charge in [-0.15, -0.1) is 0 Å². The summed E-state index contributed by atoms with van der Waals surface area (Å²) in [4.78, 5) is 4.44. The van der Waals surface area contributed by atoms with Crippen LogP contribution in [0.4, 0.5) is 4.39 Å².